The summed E-state index contributed by atoms with van der Waals surface area (Å²) < 4.78 is 12.9. The number of hydrogen-bond donors (Lipinski definition) is 3. The summed E-state index contributed by atoms with van der Waals surface area (Å²) in [7, 11) is 0. The van der Waals surface area contributed by atoms with E-state index in [0.29, 0.717) is 0 Å². The van der Waals surface area contributed by atoms with Crippen LogP contribution in [-0.4, -0.2) is 53.2 Å². The van der Waals surface area contributed by atoms with E-state index < -0.39 is 17.6 Å². The van der Waals surface area contributed by atoms with Crippen molar-refractivity contribution in [2.24, 2.45) is 0 Å². The minimum atomic E-state index is -0.951. The first-order valence-electron chi connectivity index (χ1n) is 5.66. The number of halogens is 1. The summed E-state index contributed by atoms with van der Waals surface area (Å²) in [6.07, 6.45) is 0. The fourth-order valence-electron chi connectivity index (χ4n) is 1.45. The second-order valence-electron chi connectivity index (χ2n) is 3.70. The molecule has 1 aromatic carbocycles. The Balaban J connectivity index is 2.68. The van der Waals surface area contributed by atoms with Crippen LogP contribution in [-0.2, 0) is 9.59 Å². The highest BCUT2D eigenvalue weighted by Gasteiger charge is 2.21. The molecule has 7 heteroatoms. The standard InChI is InChI=1S/C12H15FN2O4/c13-9-2-1-3-10(8-9)14-11(18)12(19)15(4-6-16)5-7-17/h1-3,8,16-17H,4-7H2,(H,14,18). The predicted octanol–water partition coefficient (Wildman–Crippen LogP) is -0.423. The Morgan fingerprint density at radius 1 is 1.21 bits per heavy atom. The minimum Gasteiger partial charge on any atom is -0.395 e. The zero-order valence-corrected chi connectivity index (χ0v) is 10.2. The van der Waals surface area contributed by atoms with Crippen LogP contribution in [0.3, 0.4) is 0 Å². The summed E-state index contributed by atoms with van der Waals surface area (Å²) in [5, 5.41) is 19.8. The van der Waals surface area contributed by atoms with Gasteiger partial charge in [0.2, 0.25) is 0 Å². The number of amides is 2. The van der Waals surface area contributed by atoms with Crippen LogP contribution in [0.2, 0.25) is 0 Å². The molecule has 0 bridgehead atoms. The maximum atomic E-state index is 12.9. The molecular formula is C12H15FN2O4. The van der Waals surface area contributed by atoms with E-state index >= 15 is 0 Å². The van der Waals surface area contributed by atoms with Crippen LogP contribution in [0.5, 0.6) is 0 Å². The van der Waals surface area contributed by atoms with Crippen molar-refractivity contribution < 1.29 is 24.2 Å². The van der Waals surface area contributed by atoms with Gasteiger partial charge in [-0.25, -0.2) is 4.39 Å². The van der Waals surface area contributed by atoms with Gasteiger partial charge in [0.05, 0.1) is 13.2 Å². The van der Waals surface area contributed by atoms with Crippen LogP contribution < -0.4 is 5.32 Å². The molecule has 1 rings (SSSR count). The van der Waals surface area contributed by atoms with Crippen molar-refractivity contribution in [3.8, 4) is 0 Å². The molecule has 0 unspecified atom stereocenters. The molecule has 0 aliphatic rings. The largest absolute Gasteiger partial charge is 0.395 e. The Morgan fingerprint density at radius 3 is 2.37 bits per heavy atom. The van der Waals surface area contributed by atoms with Crippen LogP contribution in [0.25, 0.3) is 0 Å². The zero-order valence-electron chi connectivity index (χ0n) is 10.2. The number of aliphatic hydroxyl groups excluding tert-OH is 2. The molecule has 0 atom stereocenters. The summed E-state index contributed by atoms with van der Waals surface area (Å²) >= 11 is 0. The van der Waals surface area contributed by atoms with Crippen molar-refractivity contribution in [3.63, 3.8) is 0 Å². The number of hydrogen-bond acceptors (Lipinski definition) is 4. The van der Waals surface area contributed by atoms with Gasteiger partial charge in [0.15, 0.2) is 0 Å². The molecule has 3 N–H and O–H groups in total. The molecular weight excluding hydrogens is 255 g/mol. The number of nitrogens with zero attached hydrogens (tertiary/aromatic N) is 1. The summed E-state index contributed by atoms with van der Waals surface area (Å²) in [6.45, 7) is -0.760. The van der Waals surface area contributed by atoms with Gasteiger partial charge >= 0.3 is 11.8 Å². The molecule has 0 fully saturated rings. The molecule has 0 aliphatic heterocycles. The van der Waals surface area contributed by atoms with E-state index in [1.54, 1.807) is 0 Å². The average molecular weight is 270 g/mol. The number of anilines is 1. The van der Waals surface area contributed by atoms with Crippen molar-refractivity contribution in [2.45, 2.75) is 0 Å². The number of carbonyl (C=O) groups excluding carboxylic acids is 2. The maximum Gasteiger partial charge on any atom is 0.313 e. The molecule has 0 aliphatic carbocycles. The third kappa shape index (κ3) is 4.65. The van der Waals surface area contributed by atoms with Gasteiger partial charge in [0.25, 0.3) is 0 Å². The van der Waals surface area contributed by atoms with Crippen molar-refractivity contribution >= 4 is 17.5 Å². The highest BCUT2D eigenvalue weighted by Crippen LogP contribution is 2.09. The summed E-state index contributed by atoms with van der Waals surface area (Å²) in [4.78, 5) is 24.3. The monoisotopic (exact) mass is 270 g/mol. The van der Waals surface area contributed by atoms with Crippen molar-refractivity contribution in [3.05, 3.63) is 30.1 Å². The lowest BCUT2D eigenvalue weighted by Gasteiger charge is -2.19. The fourth-order valence-corrected chi connectivity index (χ4v) is 1.45. The predicted molar refractivity (Wildman–Crippen MR) is 65.8 cm³/mol. The van der Waals surface area contributed by atoms with E-state index in [1.807, 2.05) is 0 Å². The van der Waals surface area contributed by atoms with E-state index in [2.05, 4.69) is 5.32 Å². The van der Waals surface area contributed by atoms with Crippen molar-refractivity contribution in [2.75, 3.05) is 31.6 Å². The van der Waals surface area contributed by atoms with E-state index in [9.17, 15) is 14.0 Å². The lowest BCUT2D eigenvalue weighted by Crippen LogP contribution is -2.42. The van der Waals surface area contributed by atoms with Gasteiger partial charge in [-0.3, -0.25) is 9.59 Å². The quantitative estimate of drug-likeness (QED) is 0.634. The highest BCUT2D eigenvalue weighted by molar-refractivity contribution is 6.39. The van der Waals surface area contributed by atoms with Gasteiger partial charge in [-0.1, -0.05) is 6.07 Å². The third-order valence-corrected chi connectivity index (χ3v) is 2.30. The van der Waals surface area contributed by atoms with E-state index in [-0.39, 0.29) is 32.0 Å². The van der Waals surface area contributed by atoms with E-state index in [1.165, 1.54) is 18.2 Å². The molecule has 19 heavy (non-hydrogen) atoms. The number of benzene rings is 1. The number of carbonyl (C=O) groups is 2. The van der Waals surface area contributed by atoms with Gasteiger partial charge in [-0.15, -0.1) is 0 Å². The first-order chi connectivity index (χ1) is 9.08. The van der Waals surface area contributed by atoms with E-state index in [0.717, 1.165) is 11.0 Å². The minimum absolute atomic E-state index is 0.0596. The second kappa shape index (κ2) is 7.45. The molecule has 0 saturated carbocycles. The van der Waals surface area contributed by atoms with Crippen LogP contribution >= 0.6 is 0 Å². The Hall–Kier alpha value is -1.99. The maximum absolute atomic E-state index is 12.9. The van der Waals surface area contributed by atoms with Gasteiger partial charge < -0.3 is 20.4 Å². The molecule has 0 aromatic heterocycles. The Bertz CT molecular complexity index is 447. The number of nitrogens with one attached hydrogen (secondary N) is 1. The van der Waals surface area contributed by atoms with Crippen LogP contribution in [0.4, 0.5) is 10.1 Å². The molecule has 2 amide bonds. The van der Waals surface area contributed by atoms with Gasteiger partial charge in [-0.05, 0) is 18.2 Å². The first-order valence-corrected chi connectivity index (χ1v) is 5.66. The lowest BCUT2D eigenvalue weighted by molar-refractivity contribution is -0.143. The molecule has 1 aromatic rings. The molecule has 0 saturated heterocycles. The van der Waals surface area contributed by atoms with Crippen LogP contribution in [0.1, 0.15) is 0 Å². The molecule has 0 radical (unpaired) electrons. The summed E-state index contributed by atoms with van der Waals surface area (Å²) in [5.74, 6) is -2.38. The average Bonchev–Trinajstić information content (AvgIpc) is 2.37. The smallest absolute Gasteiger partial charge is 0.313 e. The van der Waals surface area contributed by atoms with Crippen LogP contribution in [0, 0.1) is 5.82 Å². The van der Waals surface area contributed by atoms with Crippen LogP contribution in [0.15, 0.2) is 24.3 Å². The highest BCUT2D eigenvalue weighted by atomic mass is 19.1. The Morgan fingerprint density at radius 2 is 1.84 bits per heavy atom. The lowest BCUT2D eigenvalue weighted by atomic mass is 10.3. The van der Waals surface area contributed by atoms with Crippen molar-refractivity contribution in [1.29, 1.82) is 0 Å². The number of rotatable bonds is 5. The van der Waals surface area contributed by atoms with Gasteiger partial charge in [0.1, 0.15) is 5.82 Å². The van der Waals surface area contributed by atoms with Gasteiger partial charge in [0, 0.05) is 18.8 Å². The normalized spacial score (nSPS) is 10.1. The molecule has 0 spiro atoms. The SMILES string of the molecule is O=C(Nc1cccc(F)c1)C(=O)N(CCO)CCO. The first kappa shape index (κ1) is 15.1. The van der Waals surface area contributed by atoms with Gasteiger partial charge in [-0.2, -0.15) is 0 Å². The summed E-state index contributed by atoms with van der Waals surface area (Å²) in [6, 6.07) is 5.13. The Labute approximate surface area is 109 Å². The molecule has 0 heterocycles. The second-order valence-corrected chi connectivity index (χ2v) is 3.70. The molecule has 6 nitrogen and oxygen atoms in total. The fraction of sp³-hybridized carbons (Fsp3) is 0.333. The van der Waals surface area contributed by atoms with E-state index in [4.69, 9.17) is 10.2 Å². The summed E-state index contributed by atoms with van der Waals surface area (Å²) in [5.41, 5.74) is 0.159. The topological polar surface area (TPSA) is 89.9 Å². The molecule has 104 valence electrons. The van der Waals surface area contributed by atoms with Crippen molar-refractivity contribution in [1.82, 2.24) is 4.90 Å². The third-order valence-electron chi connectivity index (χ3n) is 2.30. The zero-order chi connectivity index (χ0) is 14.3. The number of aliphatic hydroxyl groups is 2. The Kier molecular flexibility index (Phi) is 5.91.